The molecule has 0 saturated carbocycles. The number of nitrogens with zero attached hydrogens (tertiary/aromatic N) is 2. The Balaban J connectivity index is 0.000000659. The molecule has 18 heavy (non-hydrogen) atoms. The van der Waals surface area contributed by atoms with Crippen LogP contribution in [0.3, 0.4) is 0 Å². The van der Waals surface area contributed by atoms with E-state index in [1.54, 1.807) is 11.3 Å². The first kappa shape index (κ1) is 17.0. The van der Waals surface area contributed by atoms with Crippen LogP contribution in [0.15, 0.2) is 5.38 Å². The van der Waals surface area contributed by atoms with E-state index in [4.69, 9.17) is 9.84 Å². The Morgan fingerprint density at radius 1 is 1.44 bits per heavy atom. The summed E-state index contributed by atoms with van der Waals surface area (Å²) in [6.45, 7) is 7.33. The van der Waals surface area contributed by atoms with Gasteiger partial charge in [0.05, 0.1) is 18.9 Å². The number of rotatable bonds is 3. The monoisotopic (exact) mass is 274 g/mol. The molecule has 0 amide bonds. The summed E-state index contributed by atoms with van der Waals surface area (Å²) in [6.07, 6.45) is 1.30. The molecule has 104 valence electrons. The number of anilines is 1. The number of aliphatic hydroxyl groups is 1. The van der Waals surface area contributed by atoms with Crippen LogP contribution < -0.4 is 4.90 Å². The number of ether oxygens (including phenoxy) is 1. The van der Waals surface area contributed by atoms with Crippen LogP contribution in [0.4, 0.5) is 5.13 Å². The molecule has 2 heterocycles. The highest BCUT2D eigenvalue weighted by atomic mass is 32.1. The van der Waals surface area contributed by atoms with Gasteiger partial charge in [-0.15, -0.1) is 11.3 Å². The Labute approximate surface area is 112 Å². The predicted molar refractivity (Wildman–Crippen MR) is 74.4 cm³/mol. The summed E-state index contributed by atoms with van der Waals surface area (Å²) in [6, 6.07) is 0. The summed E-state index contributed by atoms with van der Waals surface area (Å²) in [5, 5.41) is 9.95. The fourth-order valence-electron chi connectivity index (χ4n) is 1.38. The molecule has 1 N–H and O–H groups in total. The molecular formula is C12H22N2O3S. The number of morpholine rings is 1. The van der Waals surface area contributed by atoms with Gasteiger partial charge < -0.3 is 19.5 Å². The van der Waals surface area contributed by atoms with Crippen LogP contribution in [0.5, 0.6) is 0 Å². The Bertz CT molecular complexity index is 312. The SMILES string of the molecule is CC.CO.O=CCc1csc(N2CCOCC2)n1. The average Bonchev–Trinajstić information content (AvgIpc) is 2.93. The first-order chi connectivity index (χ1) is 8.90. The molecule has 1 aliphatic heterocycles. The molecule has 5 nitrogen and oxygen atoms in total. The Kier molecular flexibility index (Phi) is 10.5. The van der Waals surface area contributed by atoms with Crippen LogP contribution in [-0.4, -0.2) is 49.8 Å². The van der Waals surface area contributed by atoms with Crippen molar-refractivity contribution < 1.29 is 14.6 Å². The van der Waals surface area contributed by atoms with Crippen LogP contribution in [0.25, 0.3) is 0 Å². The molecular weight excluding hydrogens is 252 g/mol. The molecule has 1 saturated heterocycles. The van der Waals surface area contributed by atoms with Crippen LogP contribution in [0, 0.1) is 0 Å². The molecule has 1 fully saturated rings. The number of thiazole rings is 1. The third-order valence-electron chi connectivity index (χ3n) is 2.11. The molecule has 0 spiro atoms. The van der Waals surface area contributed by atoms with Gasteiger partial charge in [-0.05, 0) is 0 Å². The van der Waals surface area contributed by atoms with Gasteiger partial charge in [-0.25, -0.2) is 4.98 Å². The van der Waals surface area contributed by atoms with E-state index < -0.39 is 0 Å². The van der Waals surface area contributed by atoms with E-state index in [0.29, 0.717) is 6.42 Å². The number of aromatic nitrogens is 1. The minimum atomic E-state index is 0.417. The fraction of sp³-hybridized carbons (Fsp3) is 0.667. The predicted octanol–water partition coefficient (Wildman–Crippen LogP) is 1.36. The van der Waals surface area contributed by atoms with E-state index in [0.717, 1.165) is 50.5 Å². The molecule has 1 aliphatic rings. The Morgan fingerprint density at radius 2 is 2.06 bits per heavy atom. The number of carbonyl (C=O) groups is 1. The maximum atomic E-state index is 10.3. The number of carbonyl (C=O) groups excluding carboxylic acids is 1. The van der Waals surface area contributed by atoms with Gasteiger partial charge in [-0.3, -0.25) is 0 Å². The zero-order chi connectivity index (χ0) is 13.8. The van der Waals surface area contributed by atoms with E-state index in [1.807, 2.05) is 19.2 Å². The van der Waals surface area contributed by atoms with Gasteiger partial charge in [-0.1, -0.05) is 13.8 Å². The normalized spacial score (nSPS) is 13.9. The minimum absolute atomic E-state index is 0.417. The Morgan fingerprint density at radius 3 is 2.61 bits per heavy atom. The number of hydrogen-bond acceptors (Lipinski definition) is 6. The van der Waals surface area contributed by atoms with Gasteiger partial charge in [-0.2, -0.15) is 0 Å². The van der Waals surface area contributed by atoms with Crippen molar-refractivity contribution in [1.82, 2.24) is 4.98 Å². The van der Waals surface area contributed by atoms with Gasteiger partial charge in [0.25, 0.3) is 0 Å². The fourth-order valence-corrected chi connectivity index (χ4v) is 2.27. The highest BCUT2D eigenvalue weighted by molar-refractivity contribution is 7.13. The molecule has 0 radical (unpaired) electrons. The van der Waals surface area contributed by atoms with Crippen LogP contribution >= 0.6 is 11.3 Å². The van der Waals surface area contributed by atoms with E-state index in [1.165, 1.54) is 0 Å². The van der Waals surface area contributed by atoms with Crippen LogP contribution in [-0.2, 0) is 16.0 Å². The topological polar surface area (TPSA) is 62.7 Å². The second kappa shape index (κ2) is 11.1. The molecule has 0 aromatic carbocycles. The summed E-state index contributed by atoms with van der Waals surface area (Å²) in [5.41, 5.74) is 0.867. The zero-order valence-corrected chi connectivity index (χ0v) is 12.1. The molecule has 0 unspecified atom stereocenters. The second-order valence-corrected chi connectivity index (χ2v) is 3.93. The first-order valence-electron chi connectivity index (χ1n) is 6.05. The number of hydrogen-bond donors (Lipinski definition) is 1. The maximum Gasteiger partial charge on any atom is 0.185 e. The molecule has 1 aromatic heterocycles. The molecule has 0 atom stereocenters. The van der Waals surface area contributed by atoms with E-state index in [2.05, 4.69) is 9.88 Å². The maximum absolute atomic E-state index is 10.3. The molecule has 1 aromatic rings. The lowest BCUT2D eigenvalue weighted by molar-refractivity contribution is -0.107. The number of aldehydes is 1. The van der Waals surface area contributed by atoms with Crippen molar-refractivity contribution in [2.75, 3.05) is 38.3 Å². The first-order valence-corrected chi connectivity index (χ1v) is 6.93. The van der Waals surface area contributed by atoms with E-state index in [9.17, 15) is 4.79 Å². The van der Waals surface area contributed by atoms with Gasteiger partial charge in [0.1, 0.15) is 6.29 Å². The minimum Gasteiger partial charge on any atom is -0.400 e. The Hall–Kier alpha value is -0.980. The van der Waals surface area contributed by atoms with E-state index in [-0.39, 0.29) is 0 Å². The van der Waals surface area contributed by atoms with Gasteiger partial charge >= 0.3 is 0 Å². The van der Waals surface area contributed by atoms with Gasteiger partial charge in [0, 0.05) is 32.0 Å². The summed E-state index contributed by atoms with van der Waals surface area (Å²) in [5.74, 6) is 0. The summed E-state index contributed by atoms with van der Waals surface area (Å²) >= 11 is 1.60. The third-order valence-corrected chi connectivity index (χ3v) is 3.06. The lowest BCUT2D eigenvalue weighted by Crippen LogP contribution is -2.36. The quantitative estimate of drug-likeness (QED) is 0.843. The molecule has 0 aliphatic carbocycles. The number of aliphatic hydroxyl groups excluding tert-OH is 1. The average molecular weight is 274 g/mol. The van der Waals surface area contributed by atoms with Crippen molar-refractivity contribution >= 4 is 22.8 Å². The van der Waals surface area contributed by atoms with E-state index >= 15 is 0 Å². The highest BCUT2D eigenvalue weighted by Gasteiger charge is 2.14. The summed E-state index contributed by atoms with van der Waals surface area (Å²) in [7, 11) is 1.00. The van der Waals surface area contributed by atoms with Crippen LogP contribution in [0.2, 0.25) is 0 Å². The zero-order valence-electron chi connectivity index (χ0n) is 11.3. The molecule has 2 rings (SSSR count). The summed E-state index contributed by atoms with van der Waals surface area (Å²) < 4.78 is 5.25. The molecule has 6 heteroatoms. The van der Waals surface area contributed by atoms with Gasteiger partial charge in [0.15, 0.2) is 5.13 Å². The van der Waals surface area contributed by atoms with Crippen molar-refractivity contribution in [3.8, 4) is 0 Å². The van der Waals surface area contributed by atoms with Crippen molar-refractivity contribution in [2.24, 2.45) is 0 Å². The van der Waals surface area contributed by atoms with Crippen molar-refractivity contribution in [1.29, 1.82) is 0 Å². The highest BCUT2D eigenvalue weighted by Crippen LogP contribution is 2.21. The lowest BCUT2D eigenvalue weighted by Gasteiger charge is -2.25. The summed E-state index contributed by atoms with van der Waals surface area (Å²) in [4.78, 5) is 16.9. The second-order valence-electron chi connectivity index (χ2n) is 3.09. The van der Waals surface area contributed by atoms with Crippen LogP contribution in [0.1, 0.15) is 19.5 Å². The molecule has 0 bridgehead atoms. The third kappa shape index (κ3) is 5.57. The standard InChI is InChI=1S/C9H12N2O2S.C2H6.CH4O/c12-4-1-8-7-14-9(10-8)11-2-5-13-6-3-11;2*1-2/h4,7H,1-3,5-6H2;1-2H3;2H,1H3. The van der Waals surface area contributed by atoms with Crippen molar-refractivity contribution in [3.63, 3.8) is 0 Å². The van der Waals surface area contributed by atoms with Crippen molar-refractivity contribution in [3.05, 3.63) is 11.1 Å². The largest absolute Gasteiger partial charge is 0.400 e. The lowest BCUT2D eigenvalue weighted by atomic mass is 10.4. The van der Waals surface area contributed by atoms with Gasteiger partial charge in [0.2, 0.25) is 0 Å². The van der Waals surface area contributed by atoms with Crippen molar-refractivity contribution in [2.45, 2.75) is 20.3 Å². The smallest absolute Gasteiger partial charge is 0.185 e.